The maximum Gasteiger partial charge on any atom is 0.0619 e. The Morgan fingerprint density at radius 1 is 0.718 bits per heavy atom. The molecule has 39 heavy (non-hydrogen) atoms. The van der Waals surface area contributed by atoms with Crippen molar-refractivity contribution in [2.45, 2.75) is 6.92 Å². The van der Waals surface area contributed by atoms with Crippen molar-refractivity contribution < 1.29 is 0 Å². The highest BCUT2D eigenvalue weighted by Crippen LogP contribution is 2.39. The van der Waals surface area contributed by atoms with Gasteiger partial charge in [0.05, 0.1) is 11.0 Å². The number of fused-ring (bicyclic) bond motifs is 3. The van der Waals surface area contributed by atoms with Crippen LogP contribution in [-0.2, 0) is 0 Å². The highest BCUT2D eigenvalue weighted by Gasteiger charge is 2.16. The van der Waals surface area contributed by atoms with Crippen LogP contribution in [0, 0.1) is 0 Å². The number of para-hydroxylation sites is 3. The predicted octanol–water partition coefficient (Wildman–Crippen LogP) is 9.85. The van der Waals surface area contributed by atoms with Gasteiger partial charge in [-0.25, -0.2) is 0 Å². The second kappa shape index (κ2) is 10.4. The molecule has 0 aliphatic carbocycles. The van der Waals surface area contributed by atoms with E-state index in [1.165, 1.54) is 32.9 Å². The van der Waals surface area contributed by atoms with Crippen molar-refractivity contribution in [1.29, 1.82) is 0 Å². The number of nitrogen functional groups attached to an aromatic ring is 1. The molecule has 5 aromatic carbocycles. The minimum absolute atomic E-state index is 0.756. The van der Waals surface area contributed by atoms with E-state index in [9.17, 15) is 0 Å². The van der Waals surface area contributed by atoms with Crippen LogP contribution in [0.2, 0.25) is 0 Å². The van der Waals surface area contributed by atoms with E-state index in [0.717, 1.165) is 33.6 Å². The molecule has 2 heteroatoms. The standard InChI is InChI=1S/C37H30N2/c1-3-11-26(12-4-2)29-23-24-31(35(38)25-29)27-19-21-28(22-20-27)32-16-10-17-34-33-15-8-9-18-36(33)39(37(32)34)30-13-6-5-7-14-30/h3-25H,1,38H2,2H3/b12-4-,26-11+. The van der Waals surface area contributed by atoms with Crippen molar-refractivity contribution in [2.75, 3.05) is 5.73 Å². The molecule has 0 amide bonds. The predicted molar refractivity (Wildman–Crippen MR) is 169 cm³/mol. The Labute approximate surface area is 229 Å². The van der Waals surface area contributed by atoms with Gasteiger partial charge >= 0.3 is 0 Å². The number of benzene rings is 5. The van der Waals surface area contributed by atoms with Crippen molar-refractivity contribution in [2.24, 2.45) is 0 Å². The van der Waals surface area contributed by atoms with Crippen LogP contribution >= 0.6 is 0 Å². The fraction of sp³-hybridized carbons (Fsp3) is 0.0270. The van der Waals surface area contributed by atoms with Gasteiger partial charge in [-0.1, -0.05) is 122 Å². The van der Waals surface area contributed by atoms with Crippen LogP contribution in [0.5, 0.6) is 0 Å². The number of allylic oxidation sites excluding steroid dienone is 5. The third-order valence-corrected chi connectivity index (χ3v) is 7.24. The van der Waals surface area contributed by atoms with Crippen molar-refractivity contribution in [3.8, 4) is 27.9 Å². The van der Waals surface area contributed by atoms with Crippen LogP contribution < -0.4 is 5.73 Å². The summed E-state index contributed by atoms with van der Waals surface area (Å²) >= 11 is 0. The molecule has 0 saturated carbocycles. The van der Waals surface area contributed by atoms with Gasteiger partial charge in [0.15, 0.2) is 0 Å². The Bertz CT molecular complexity index is 1870. The van der Waals surface area contributed by atoms with Gasteiger partial charge in [0.2, 0.25) is 0 Å². The topological polar surface area (TPSA) is 30.9 Å². The van der Waals surface area contributed by atoms with Gasteiger partial charge < -0.3 is 10.3 Å². The molecule has 2 nitrogen and oxygen atoms in total. The van der Waals surface area contributed by atoms with Crippen LogP contribution in [0.15, 0.2) is 146 Å². The van der Waals surface area contributed by atoms with Crippen molar-refractivity contribution >= 4 is 33.1 Å². The quantitative estimate of drug-likeness (QED) is 0.178. The van der Waals surface area contributed by atoms with E-state index in [0.29, 0.717) is 0 Å². The molecule has 188 valence electrons. The first-order valence-corrected chi connectivity index (χ1v) is 13.2. The lowest BCUT2D eigenvalue weighted by atomic mass is 9.95. The first kappa shape index (κ1) is 24.3. The number of hydrogen-bond donors (Lipinski definition) is 1. The molecule has 1 aromatic heterocycles. The molecular weight excluding hydrogens is 472 g/mol. The summed E-state index contributed by atoms with van der Waals surface area (Å²) in [5.41, 5.74) is 17.5. The molecular formula is C37H30N2. The average molecular weight is 503 g/mol. The van der Waals surface area contributed by atoms with Crippen molar-refractivity contribution in [1.82, 2.24) is 4.57 Å². The van der Waals surface area contributed by atoms with Crippen LogP contribution in [0.3, 0.4) is 0 Å². The summed E-state index contributed by atoms with van der Waals surface area (Å²) in [4.78, 5) is 0. The SMILES string of the molecule is C=C/C=C(\C=C/C)c1ccc(-c2ccc(-c3cccc4c5ccccc5n(-c5ccccc5)c34)cc2)c(N)c1. The number of hydrogen-bond acceptors (Lipinski definition) is 1. The summed E-state index contributed by atoms with van der Waals surface area (Å²) in [6.45, 7) is 5.85. The van der Waals surface area contributed by atoms with Gasteiger partial charge in [0.1, 0.15) is 0 Å². The fourth-order valence-electron chi connectivity index (χ4n) is 5.49. The number of anilines is 1. The molecule has 6 aromatic rings. The van der Waals surface area contributed by atoms with E-state index in [2.05, 4.69) is 126 Å². The summed E-state index contributed by atoms with van der Waals surface area (Å²) in [6, 6.07) is 40.8. The molecule has 1 heterocycles. The van der Waals surface area contributed by atoms with Gasteiger partial charge in [-0.05, 0) is 53.5 Å². The first-order chi connectivity index (χ1) is 19.2. The van der Waals surface area contributed by atoms with E-state index >= 15 is 0 Å². The van der Waals surface area contributed by atoms with Gasteiger partial charge in [-0.3, -0.25) is 0 Å². The molecule has 6 rings (SSSR count). The summed E-state index contributed by atoms with van der Waals surface area (Å²) in [5, 5.41) is 2.51. The lowest BCUT2D eigenvalue weighted by Crippen LogP contribution is -1.95. The van der Waals surface area contributed by atoms with Crippen LogP contribution in [0.1, 0.15) is 12.5 Å². The number of aromatic nitrogens is 1. The Morgan fingerprint density at radius 3 is 2.13 bits per heavy atom. The highest BCUT2D eigenvalue weighted by molar-refractivity contribution is 6.13. The zero-order chi connectivity index (χ0) is 26.8. The summed E-state index contributed by atoms with van der Waals surface area (Å²) in [5.74, 6) is 0. The normalized spacial score (nSPS) is 12.0. The van der Waals surface area contributed by atoms with Gasteiger partial charge in [-0.2, -0.15) is 0 Å². The minimum Gasteiger partial charge on any atom is -0.398 e. The van der Waals surface area contributed by atoms with Crippen molar-refractivity contribution in [3.63, 3.8) is 0 Å². The average Bonchev–Trinajstić information content (AvgIpc) is 3.32. The number of rotatable bonds is 6. The summed E-state index contributed by atoms with van der Waals surface area (Å²) < 4.78 is 2.38. The van der Waals surface area contributed by atoms with Crippen LogP contribution in [0.25, 0.3) is 55.3 Å². The van der Waals surface area contributed by atoms with Crippen LogP contribution in [0.4, 0.5) is 5.69 Å². The Balaban J connectivity index is 1.46. The third kappa shape index (κ3) is 4.36. The van der Waals surface area contributed by atoms with Crippen molar-refractivity contribution in [3.05, 3.63) is 152 Å². The molecule has 0 radical (unpaired) electrons. The number of nitrogens with two attached hydrogens (primary N) is 1. The zero-order valence-corrected chi connectivity index (χ0v) is 22.0. The second-order valence-corrected chi connectivity index (χ2v) is 9.63. The largest absolute Gasteiger partial charge is 0.398 e. The lowest BCUT2D eigenvalue weighted by Gasteiger charge is -2.13. The van der Waals surface area contributed by atoms with Gasteiger partial charge in [-0.15, -0.1) is 0 Å². The smallest absolute Gasteiger partial charge is 0.0619 e. The highest BCUT2D eigenvalue weighted by atomic mass is 15.0. The van der Waals surface area contributed by atoms with E-state index in [4.69, 9.17) is 5.73 Å². The Kier molecular flexibility index (Phi) is 6.44. The molecule has 0 fully saturated rings. The van der Waals surface area contributed by atoms with E-state index < -0.39 is 0 Å². The molecule has 0 saturated heterocycles. The molecule has 0 aliphatic heterocycles. The van der Waals surface area contributed by atoms with Gasteiger partial charge in [0, 0.05) is 33.3 Å². The number of nitrogens with zero attached hydrogens (tertiary/aromatic N) is 1. The first-order valence-electron chi connectivity index (χ1n) is 13.2. The van der Waals surface area contributed by atoms with E-state index in [1.807, 2.05) is 25.1 Å². The molecule has 0 bridgehead atoms. The van der Waals surface area contributed by atoms with E-state index in [1.54, 1.807) is 6.08 Å². The Morgan fingerprint density at radius 2 is 1.41 bits per heavy atom. The molecule has 2 N–H and O–H groups in total. The van der Waals surface area contributed by atoms with Gasteiger partial charge in [0.25, 0.3) is 0 Å². The monoisotopic (exact) mass is 502 g/mol. The third-order valence-electron chi connectivity index (χ3n) is 7.24. The maximum absolute atomic E-state index is 6.55. The summed E-state index contributed by atoms with van der Waals surface area (Å²) in [7, 11) is 0. The second-order valence-electron chi connectivity index (χ2n) is 9.63. The van der Waals surface area contributed by atoms with Crippen LogP contribution in [-0.4, -0.2) is 4.57 Å². The zero-order valence-electron chi connectivity index (χ0n) is 22.0. The molecule has 0 spiro atoms. The molecule has 0 aliphatic rings. The Hall–Kier alpha value is -5.08. The minimum atomic E-state index is 0.756. The molecule has 0 atom stereocenters. The molecule has 0 unspecified atom stereocenters. The maximum atomic E-state index is 6.55. The lowest BCUT2D eigenvalue weighted by molar-refractivity contribution is 1.18. The van der Waals surface area contributed by atoms with E-state index in [-0.39, 0.29) is 0 Å². The fourth-order valence-corrected chi connectivity index (χ4v) is 5.49. The summed E-state index contributed by atoms with van der Waals surface area (Å²) in [6.07, 6.45) is 7.89.